The summed E-state index contributed by atoms with van der Waals surface area (Å²) in [6.45, 7) is 3.73. The zero-order valence-electron chi connectivity index (χ0n) is 10.7. The molecule has 1 N–H and O–H groups in total. The number of nitrogens with one attached hydrogen (secondary N) is 1. The molecule has 0 aliphatic carbocycles. The van der Waals surface area contributed by atoms with Gasteiger partial charge >= 0.3 is 0 Å². The fraction of sp³-hybridized carbons (Fsp3) is 0.286. The van der Waals surface area contributed by atoms with Crippen LogP contribution in [0.2, 0.25) is 0 Å². The maximum atomic E-state index is 13.7. The van der Waals surface area contributed by atoms with E-state index < -0.39 is 29.1 Å². The van der Waals surface area contributed by atoms with Gasteiger partial charge in [-0.25, -0.2) is 8.78 Å². The van der Waals surface area contributed by atoms with Crippen LogP contribution in [-0.2, 0) is 9.59 Å². The Bertz CT molecular complexity index is 540. The van der Waals surface area contributed by atoms with Crippen LogP contribution in [0.15, 0.2) is 30.9 Å². The number of rotatable bonds is 4. The van der Waals surface area contributed by atoms with Gasteiger partial charge in [0.15, 0.2) is 0 Å². The molecule has 1 aliphatic heterocycles. The van der Waals surface area contributed by atoms with Crippen molar-refractivity contribution in [2.24, 2.45) is 5.92 Å². The molecular weight excluding hydrogens is 266 g/mol. The molecule has 1 saturated heterocycles. The minimum Gasteiger partial charge on any atom is -0.352 e. The summed E-state index contributed by atoms with van der Waals surface area (Å²) in [6.07, 6.45) is 1.46. The van der Waals surface area contributed by atoms with Crippen molar-refractivity contribution in [2.75, 3.05) is 18.0 Å². The molecule has 0 spiro atoms. The third-order valence-corrected chi connectivity index (χ3v) is 3.12. The van der Waals surface area contributed by atoms with Crippen LogP contribution in [0.5, 0.6) is 0 Å². The van der Waals surface area contributed by atoms with Gasteiger partial charge in [-0.2, -0.15) is 0 Å². The van der Waals surface area contributed by atoms with Crippen LogP contribution in [0.1, 0.15) is 6.42 Å². The number of benzene rings is 1. The Morgan fingerprint density at radius 3 is 2.70 bits per heavy atom. The molecule has 1 unspecified atom stereocenters. The van der Waals surface area contributed by atoms with Gasteiger partial charge in [-0.15, -0.1) is 6.58 Å². The van der Waals surface area contributed by atoms with Crippen molar-refractivity contribution in [1.82, 2.24) is 5.32 Å². The van der Waals surface area contributed by atoms with Crippen molar-refractivity contribution in [3.05, 3.63) is 42.5 Å². The Balaban J connectivity index is 2.17. The third-order valence-electron chi connectivity index (χ3n) is 3.12. The molecule has 1 atom stereocenters. The standard InChI is InChI=1S/C14H14F2N2O2/c1-2-6-17-14(20)9-7-12(19)18(8-9)13-10(15)4-3-5-11(13)16/h2-5,9H,1,6-8H2,(H,17,20). The van der Waals surface area contributed by atoms with Crippen LogP contribution >= 0.6 is 0 Å². The van der Waals surface area contributed by atoms with Gasteiger partial charge in [-0.1, -0.05) is 12.1 Å². The van der Waals surface area contributed by atoms with Crippen LogP contribution < -0.4 is 10.2 Å². The normalized spacial score (nSPS) is 18.2. The van der Waals surface area contributed by atoms with Crippen molar-refractivity contribution in [1.29, 1.82) is 0 Å². The second-order valence-electron chi connectivity index (χ2n) is 4.51. The lowest BCUT2D eigenvalue weighted by Gasteiger charge is -2.18. The van der Waals surface area contributed by atoms with E-state index in [9.17, 15) is 18.4 Å². The Kier molecular flexibility index (Phi) is 4.12. The highest BCUT2D eigenvalue weighted by Crippen LogP contribution is 2.29. The first-order chi connectivity index (χ1) is 9.54. The average Bonchev–Trinajstić information content (AvgIpc) is 2.78. The van der Waals surface area contributed by atoms with E-state index in [1.807, 2.05) is 0 Å². The summed E-state index contributed by atoms with van der Waals surface area (Å²) < 4.78 is 27.3. The van der Waals surface area contributed by atoms with Gasteiger partial charge in [0, 0.05) is 19.5 Å². The number of amides is 2. The smallest absolute Gasteiger partial charge is 0.228 e. The van der Waals surface area contributed by atoms with Crippen molar-refractivity contribution >= 4 is 17.5 Å². The molecule has 1 fully saturated rings. The number of para-hydroxylation sites is 1. The largest absolute Gasteiger partial charge is 0.352 e. The quantitative estimate of drug-likeness (QED) is 0.852. The lowest BCUT2D eigenvalue weighted by Crippen LogP contribution is -2.33. The molecule has 1 aliphatic rings. The minimum atomic E-state index is -0.814. The summed E-state index contributed by atoms with van der Waals surface area (Å²) in [5, 5.41) is 2.57. The second-order valence-corrected chi connectivity index (χ2v) is 4.51. The lowest BCUT2D eigenvalue weighted by molar-refractivity contribution is -0.126. The summed E-state index contributed by atoms with van der Waals surface area (Å²) in [5.41, 5.74) is -0.392. The Morgan fingerprint density at radius 1 is 1.45 bits per heavy atom. The van der Waals surface area contributed by atoms with Crippen molar-refractivity contribution in [3.8, 4) is 0 Å². The van der Waals surface area contributed by atoms with Gasteiger partial charge < -0.3 is 10.2 Å². The van der Waals surface area contributed by atoms with Crippen molar-refractivity contribution in [3.63, 3.8) is 0 Å². The SMILES string of the molecule is C=CCNC(=O)C1CC(=O)N(c2c(F)cccc2F)C1. The summed E-state index contributed by atoms with van der Waals surface area (Å²) >= 11 is 0. The van der Waals surface area contributed by atoms with Crippen LogP contribution in [0, 0.1) is 17.6 Å². The van der Waals surface area contributed by atoms with E-state index in [2.05, 4.69) is 11.9 Å². The average molecular weight is 280 g/mol. The van der Waals surface area contributed by atoms with Crippen LogP contribution in [0.4, 0.5) is 14.5 Å². The maximum Gasteiger partial charge on any atom is 0.228 e. The number of hydrogen-bond donors (Lipinski definition) is 1. The zero-order valence-corrected chi connectivity index (χ0v) is 10.7. The molecule has 0 radical (unpaired) electrons. The zero-order chi connectivity index (χ0) is 14.7. The fourth-order valence-corrected chi connectivity index (χ4v) is 2.16. The first kappa shape index (κ1) is 14.2. The molecule has 6 heteroatoms. The molecule has 1 aromatic carbocycles. The molecule has 106 valence electrons. The minimum absolute atomic E-state index is 0.0281. The molecule has 1 heterocycles. The summed E-state index contributed by atoms with van der Waals surface area (Å²) in [7, 11) is 0. The number of carbonyl (C=O) groups is 2. The van der Waals surface area contributed by atoms with Gasteiger partial charge in [0.1, 0.15) is 17.3 Å². The lowest BCUT2D eigenvalue weighted by atomic mass is 10.1. The van der Waals surface area contributed by atoms with E-state index >= 15 is 0 Å². The van der Waals surface area contributed by atoms with E-state index in [0.29, 0.717) is 0 Å². The van der Waals surface area contributed by atoms with Gasteiger partial charge in [0.2, 0.25) is 11.8 Å². The van der Waals surface area contributed by atoms with Crippen molar-refractivity contribution < 1.29 is 18.4 Å². The number of halogens is 2. The van der Waals surface area contributed by atoms with Gasteiger partial charge in [0.05, 0.1) is 5.92 Å². The van der Waals surface area contributed by atoms with E-state index in [1.165, 1.54) is 12.1 Å². The predicted molar refractivity (Wildman–Crippen MR) is 70.0 cm³/mol. The van der Waals surface area contributed by atoms with Crippen LogP contribution in [0.25, 0.3) is 0 Å². The van der Waals surface area contributed by atoms with E-state index in [-0.39, 0.29) is 25.4 Å². The Hall–Kier alpha value is -2.24. The molecule has 0 aromatic heterocycles. The first-order valence-corrected chi connectivity index (χ1v) is 6.17. The number of carbonyl (C=O) groups excluding carboxylic acids is 2. The topological polar surface area (TPSA) is 49.4 Å². The number of anilines is 1. The monoisotopic (exact) mass is 280 g/mol. The first-order valence-electron chi connectivity index (χ1n) is 6.17. The Labute approximate surface area is 115 Å². The molecule has 0 saturated carbocycles. The summed E-state index contributed by atoms with van der Waals surface area (Å²) in [4.78, 5) is 24.6. The number of nitrogens with zero attached hydrogens (tertiary/aromatic N) is 1. The highest BCUT2D eigenvalue weighted by Gasteiger charge is 2.37. The molecule has 20 heavy (non-hydrogen) atoms. The third kappa shape index (κ3) is 2.68. The fourth-order valence-electron chi connectivity index (χ4n) is 2.16. The molecular formula is C14H14F2N2O2. The van der Waals surface area contributed by atoms with E-state index in [4.69, 9.17) is 0 Å². The molecule has 1 aromatic rings. The highest BCUT2D eigenvalue weighted by molar-refractivity contribution is 6.00. The van der Waals surface area contributed by atoms with Gasteiger partial charge in [-0.05, 0) is 12.1 Å². The molecule has 2 rings (SSSR count). The predicted octanol–water partition coefficient (Wildman–Crippen LogP) is 1.62. The van der Waals surface area contributed by atoms with Gasteiger partial charge in [-0.3, -0.25) is 9.59 Å². The van der Waals surface area contributed by atoms with Gasteiger partial charge in [0.25, 0.3) is 0 Å². The Morgan fingerprint density at radius 2 is 2.10 bits per heavy atom. The van der Waals surface area contributed by atoms with E-state index in [1.54, 1.807) is 0 Å². The molecule has 4 nitrogen and oxygen atoms in total. The van der Waals surface area contributed by atoms with Crippen molar-refractivity contribution in [2.45, 2.75) is 6.42 Å². The molecule has 0 bridgehead atoms. The maximum absolute atomic E-state index is 13.7. The van der Waals surface area contributed by atoms with E-state index in [0.717, 1.165) is 17.0 Å². The van der Waals surface area contributed by atoms with Crippen LogP contribution in [0.3, 0.4) is 0 Å². The molecule has 2 amide bonds. The second kappa shape index (κ2) is 5.81. The number of hydrogen-bond acceptors (Lipinski definition) is 2. The summed E-state index contributed by atoms with van der Waals surface area (Å²) in [6, 6.07) is 3.39. The summed E-state index contributed by atoms with van der Waals surface area (Å²) in [5.74, 6) is -3.03. The highest BCUT2D eigenvalue weighted by atomic mass is 19.1. The van der Waals surface area contributed by atoms with Crippen LogP contribution in [-0.4, -0.2) is 24.9 Å².